The van der Waals surface area contributed by atoms with E-state index in [1.165, 1.54) is 38.8 Å². The average Bonchev–Trinajstić information content (AvgIpc) is 2.78. The molecule has 0 aromatic rings. The molecule has 0 bridgehead atoms. The molecule has 114 valence electrons. The second-order valence-corrected chi connectivity index (χ2v) is 5.69. The lowest BCUT2D eigenvalue weighted by molar-refractivity contribution is 0.143. The van der Waals surface area contributed by atoms with E-state index >= 15 is 0 Å². The Labute approximate surface area is 119 Å². The Hall–Kier alpha value is -0.160. The summed E-state index contributed by atoms with van der Waals surface area (Å²) in [4.78, 5) is 4.96. The van der Waals surface area contributed by atoms with Gasteiger partial charge in [0.15, 0.2) is 0 Å². The number of nitrogens with zero attached hydrogens (tertiary/aromatic N) is 2. The van der Waals surface area contributed by atoms with Crippen LogP contribution in [0.4, 0.5) is 0 Å². The number of likely N-dealkylation sites (N-methyl/N-ethyl adjacent to an activating group) is 2. The van der Waals surface area contributed by atoms with E-state index in [4.69, 9.17) is 4.74 Å². The van der Waals surface area contributed by atoms with Crippen LogP contribution >= 0.6 is 0 Å². The van der Waals surface area contributed by atoms with Crippen LogP contribution in [0.25, 0.3) is 0 Å². The van der Waals surface area contributed by atoms with E-state index in [0.717, 1.165) is 38.9 Å². The van der Waals surface area contributed by atoms with Gasteiger partial charge in [-0.1, -0.05) is 0 Å². The summed E-state index contributed by atoms with van der Waals surface area (Å²) in [6, 6.07) is 0.774. The lowest BCUT2D eigenvalue weighted by atomic mass is 10.2. The van der Waals surface area contributed by atoms with Gasteiger partial charge in [0, 0.05) is 38.9 Å². The zero-order valence-electron chi connectivity index (χ0n) is 13.2. The summed E-state index contributed by atoms with van der Waals surface area (Å²) in [5.74, 6) is 0. The van der Waals surface area contributed by atoms with Crippen molar-refractivity contribution in [3.05, 3.63) is 0 Å². The molecule has 0 aliphatic carbocycles. The minimum atomic E-state index is 0.774. The van der Waals surface area contributed by atoms with Crippen LogP contribution in [0.5, 0.6) is 0 Å². The summed E-state index contributed by atoms with van der Waals surface area (Å²) in [7, 11) is 4.49. The Morgan fingerprint density at radius 1 is 1.32 bits per heavy atom. The molecule has 1 rings (SSSR count). The molecular formula is C15H33N3O. The number of ether oxygens (including phenoxy) is 1. The monoisotopic (exact) mass is 271 g/mol. The summed E-state index contributed by atoms with van der Waals surface area (Å²) in [5, 5.41) is 3.52. The Balaban J connectivity index is 1.88. The molecule has 1 fully saturated rings. The molecule has 0 radical (unpaired) electrons. The van der Waals surface area contributed by atoms with Gasteiger partial charge >= 0.3 is 0 Å². The van der Waals surface area contributed by atoms with Crippen molar-refractivity contribution >= 4 is 0 Å². The van der Waals surface area contributed by atoms with Crippen molar-refractivity contribution < 1.29 is 4.74 Å². The molecule has 19 heavy (non-hydrogen) atoms. The number of likely N-dealkylation sites (tertiary alicyclic amines) is 1. The van der Waals surface area contributed by atoms with Crippen molar-refractivity contribution in [1.82, 2.24) is 15.1 Å². The third-order valence-electron chi connectivity index (χ3n) is 3.96. The number of nitrogens with one attached hydrogen (secondary N) is 1. The van der Waals surface area contributed by atoms with Gasteiger partial charge in [-0.3, -0.25) is 0 Å². The molecule has 4 heteroatoms. The fraction of sp³-hybridized carbons (Fsp3) is 1.00. The molecule has 1 atom stereocenters. The van der Waals surface area contributed by atoms with Crippen molar-refractivity contribution in [3.63, 3.8) is 0 Å². The predicted octanol–water partition coefficient (Wildman–Crippen LogP) is 1.42. The van der Waals surface area contributed by atoms with Crippen molar-refractivity contribution in [3.8, 4) is 0 Å². The summed E-state index contributed by atoms with van der Waals surface area (Å²) in [6.45, 7) is 9.65. The predicted molar refractivity (Wildman–Crippen MR) is 81.7 cm³/mol. The smallest absolute Gasteiger partial charge is 0.0466 e. The van der Waals surface area contributed by atoms with Crippen LogP contribution in [0.1, 0.15) is 32.6 Å². The summed E-state index contributed by atoms with van der Waals surface area (Å²) in [5.41, 5.74) is 0. The molecule has 1 N–H and O–H groups in total. The Kier molecular flexibility index (Phi) is 9.43. The van der Waals surface area contributed by atoms with Crippen LogP contribution in [-0.4, -0.2) is 75.9 Å². The van der Waals surface area contributed by atoms with Crippen molar-refractivity contribution in [1.29, 1.82) is 0 Å². The normalized spacial score (nSPS) is 20.5. The molecule has 1 unspecified atom stereocenters. The van der Waals surface area contributed by atoms with Crippen molar-refractivity contribution in [2.45, 2.75) is 38.6 Å². The molecule has 0 aromatic carbocycles. The van der Waals surface area contributed by atoms with Crippen LogP contribution in [-0.2, 0) is 4.74 Å². The first-order valence-corrected chi connectivity index (χ1v) is 7.91. The van der Waals surface area contributed by atoms with Gasteiger partial charge in [0.1, 0.15) is 0 Å². The zero-order valence-corrected chi connectivity index (χ0v) is 13.2. The Morgan fingerprint density at radius 2 is 2.16 bits per heavy atom. The van der Waals surface area contributed by atoms with E-state index in [9.17, 15) is 0 Å². The SMILES string of the molecule is CCOCCCCNCCN(C)CC1CCCN1C. The first kappa shape index (κ1) is 16.9. The Bertz CT molecular complexity index is 214. The summed E-state index contributed by atoms with van der Waals surface area (Å²) < 4.78 is 5.32. The van der Waals surface area contributed by atoms with Gasteiger partial charge in [0.25, 0.3) is 0 Å². The fourth-order valence-electron chi connectivity index (χ4n) is 2.65. The highest BCUT2D eigenvalue weighted by atomic mass is 16.5. The number of hydrogen-bond donors (Lipinski definition) is 1. The second-order valence-electron chi connectivity index (χ2n) is 5.69. The Morgan fingerprint density at radius 3 is 2.84 bits per heavy atom. The van der Waals surface area contributed by atoms with Crippen molar-refractivity contribution in [2.24, 2.45) is 0 Å². The third kappa shape index (κ3) is 7.88. The molecule has 0 aromatic heterocycles. The van der Waals surface area contributed by atoms with E-state index in [1.54, 1.807) is 0 Å². The third-order valence-corrected chi connectivity index (χ3v) is 3.96. The van der Waals surface area contributed by atoms with Gasteiger partial charge in [-0.05, 0) is 59.8 Å². The van der Waals surface area contributed by atoms with E-state index in [1.807, 2.05) is 0 Å². The largest absolute Gasteiger partial charge is 0.382 e. The van der Waals surface area contributed by atoms with Crippen LogP contribution in [0.2, 0.25) is 0 Å². The maximum atomic E-state index is 5.32. The molecule has 4 nitrogen and oxygen atoms in total. The highest BCUT2D eigenvalue weighted by Crippen LogP contribution is 2.14. The second kappa shape index (κ2) is 10.6. The highest BCUT2D eigenvalue weighted by Gasteiger charge is 2.21. The molecule has 1 saturated heterocycles. The summed E-state index contributed by atoms with van der Waals surface area (Å²) in [6.07, 6.45) is 5.12. The minimum absolute atomic E-state index is 0.774. The number of rotatable bonds is 11. The molecular weight excluding hydrogens is 238 g/mol. The summed E-state index contributed by atoms with van der Waals surface area (Å²) >= 11 is 0. The minimum Gasteiger partial charge on any atom is -0.382 e. The maximum absolute atomic E-state index is 5.32. The number of unbranched alkanes of at least 4 members (excludes halogenated alkanes) is 1. The average molecular weight is 271 g/mol. The lowest BCUT2D eigenvalue weighted by Gasteiger charge is -2.25. The van der Waals surface area contributed by atoms with Gasteiger partial charge in [-0.2, -0.15) is 0 Å². The van der Waals surface area contributed by atoms with Gasteiger partial charge in [0.2, 0.25) is 0 Å². The quantitative estimate of drug-likeness (QED) is 0.575. The van der Waals surface area contributed by atoms with Gasteiger partial charge < -0.3 is 19.9 Å². The van der Waals surface area contributed by atoms with Gasteiger partial charge in [-0.25, -0.2) is 0 Å². The maximum Gasteiger partial charge on any atom is 0.0466 e. The first-order chi connectivity index (χ1) is 9.24. The topological polar surface area (TPSA) is 27.7 Å². The molecule has 0 amide bonds. The van der Waals surface area contributed by atoms with Crippen LogP contribution in [0, 0.1) is 0 Å². The lowest BCUT2D eigenvalue weighted by Crippen LogP contribution is -2.39. The standard InChI is InChI=1S/C15H33N3O/c1-4-19-13-6-5-9-16-10-12-17(2)14-15-8-7-11-18(15)3/h15-16H,4-14H2,1-3H3. The van der Waals surface area contributed by atoms with E-state index in [2.05, 4.69) is 36.1 Å². The van der Waals surface area contributed by atoms with E-state index in [0.29, 0.717) is 0 Å². The van der Waals surface area contributed by atoms with Crippen LogP contribution in [0.15, 0.2) is 0 Å². The van der Waals surface area contributed by atoms with Gasteiger partial charge in [0.05, 0.1) is 0 Å². The van der Waals surface area contributed by atoms with Crippen LogP contribution < -0.4 is 5.32 Å². The van der Waals surface area contributed by atoms with Crippen LogP contribution in [0.3, 0.4) is 0 Å². The molecule has 0 saturated carbocycles. The fourth-order valence-corrected chi connectivity index (χ4v) is 2.65. The van der Waals surface area contributed by atoms with E-state index < -0.39 is 0 Å². The molecule has 1 aliphatic rings. The zero-order chi connectivity index (χ0) is 13.9. The van der Waals surface area contributed by atoms with E-state index in [-0.39, 0.29) is 0 Å². The first-order valence-electron chi connectivity index (χ1n) is 7.91. The number of hydrogen-bond acceptors (Lipinski definition) is 4. The van der Waals surface area contributed by atoms with Gasteiger partial charge in [-0.15, -0.1) is 0 Å². The molecule has 0 spiro atoms. The highest BCUT2D eigenvalue weighted by molar-refractivity contribution is 4.78. The van der Waals surface area contributed by atoms with Crippen molar-refractivity contribution in [2.75, 3.05) is 60.0 Å². The molecule has 1 heterocycles. The molecule has 1 aliphatic heterocycles.